The fourth-order valence-corrected chi connectivity index (χ4v) is 2.37. The average Bonchev–Trinajstić information content (AvgIpc) is 2.72. The summed E-state index contributed by atoms with van der Waals surface area (Å²) in [6, 6.07) is 8.30. The molecule has 0 bridgehead atoms. The van der Waals surface area contributed by atoms with Gasteiger partial charge in [-0.2, -0.15) is 0 Å². The molecule has 2 rings (SSSR count). The highest BCUT2D eigenvalue weighted by Gasteiger charge is 2.28. The number of carbonyl (C=O) groups is 1. The number of fused-ring (bicyclic) bond motifs is 1. The van der Waals surface area contributed by atoms with E-state index in [1.807, 2.05) is 24.3 Å². The lowest BCUT2D eigenvalue weighted by Gasteiger charge is -2.16. The number of benzene rings is 1. The minimum Gasteiger partial charge on any atom is -0.384 e. The van der Waals surface area contributed by atoms with Gasteiger partial charge in [-0.1, -0.05) is 31.5 Å². The Balaban J connectivity index is 2.02. The second kappa shape index (κ2) is 5.21. The third-order valence-electron chi connectivity index (χ3n) is 3.26. The first-order chi connectivity index (χ1) is 8.22. The van der Waals surface area contributed by atoms with Crippen molar-refractivity contribution in [1.29, 1.82) is 0 Å². The average molecular weight is 232 g/mol. The van der Waals surface area contributed by atoms with Crippen LogP contribution >= 0.6 is 0 Å². The topological polar surface area (TPSA) is 41.1 Å². The lowest BCUT2D eigenvalue weighted by molar-refractivity contribution is -0.122. The molecule has 0 fully saturated rings. The van der Waals surface area contributed by atoms with Crippen LogP contribution in [0.1, 0.15) is 38.2 Å². The first kappa shape index (κ1) is 12.0. The maximum atomic E-state index is 12.1. The van der Waals surface area contributed by atoms with Gasteiger partial charge in [0.25, 0.3) is 0 Å². The summed E-state index contributed by atoms with van der Waals surface area (Å²) < 4.78 is 0. The number of para-hydroxylation sites is 1. The molecule has 0 saturated heterocycles. The lowest BCUT2D eigenvalue weighted by atomic mass is 10.00. The van der Waals surface area contributed by atoms with Gasteiger partial charge < -0.3 is 10.6 Å². The number of amides is 1. The van der Waals surface area contributed by atoms with Crippen LogP contribution in [-0.2, 0) is 4.79 Å². The van der Waals surface area contributed by atoms with Crippen LogP contribution in [-0.4, -0.2) is 18.5 Å². The van der Waals surface area contributed by atoms with Gasteiger partial charge in [-0.05, 0) is 25.0 Å². The van der Waals surface area contributed by atoms with E-state index in [0.29, 0.717) is 6.54 Å². The summed E-state index contributed by atoms with van der Waals surface area (Å²) in [6.07, 6.45) is 2.13. The molecule has 92 valence electrons. The fraction of sp³-hybridized carbons (Fsp3) is 0.500. The Labute approximate surface area is 103 Å². The Morgan fingerprint density at radius 2 is 2.29 bits per heavy atom. The molecule has 2 unspecified atom stereocenters. The van der Waals surface area contributed by atoms with Crippen LogP contribution in [0.2, 0.25) is 0 Å². The minimum absolute atomic E-state index is 0.0366. The van der Waals surface area contributed by atoms with Gasteiger partial charge in [0.15, 0.2) is 0 Å². The van der Waals surface area contributed by atoms with Crippen molar-refractivity contribution in [2.45, 2.75) is 38.6 Å². The van der Waals surface area contributed by atoms with Gasteiger partial charge >= 0.3 is 0 Å². The molecule has 1 aliphatic heterocycles. The molecule has 17 heavy (non-hydrogen) atoms. The molecule has 1 amide bonds. The minimum atomic E-state index is -0.0366. The van der Waals surface area contributed by atoms with E-state index < -0.39 is 0 Å². The van der Waals surface area contributed by atoms with Crippen LogP contribution in [0.4, 0.5) is 5.69 Å². The number of rotatable bonds is 4. The van der Waals surface area contributed by atoms with E-state index >= 15 is 0 Å². The highest BCUT2D eigenvalue weighted by Crippen LogP contribution is 2.31. The summed E-state index contributed by atoms with van der Waals surface area (Å²) in [5, 5.41) is 6.36. The smallest absolute Gasteiger partial charge is 0.229 e. The quantitative estimate of drug-likeness (QED) is 0.837. The molecule has 1 heterocycles. The second-order valence-corrected chi connectivity index (χ2v) is 4.72. The Morgan fingerprint density at radius 1 is 1.53 bits per heavy atom. The summed E-state index contributed by atoms with van der Waals surface area (Å²) in [5.41, 5.74) is 2.21. The van der Waals surface area contributed by atoms with E-state index in [0.717, 1.165) is 24.1 Å². The Kier molecular flexibility index (Phi) is 3.67. The predicted octanol–water partition coefficient (Wildman–Crippen LogP) is 2.50. The van der Waals surface area contributed by atoms with Crippen molar-refractivity contribution in [3.8, 4) is 0 Å². The van der Waals surface area contributed by atoms with Crippen molar-refractivity contribution in [3.05, 3.63) is 29.8 Å². The summed E-state index contributed by atoms with van der Waals surface area (Å²) in [6.45, 7) is 4.91. The summed E-state index contributed by atoms with van der Waals surface area (Å²) >= 11 is 0. The molecule has 1 aromatic rings. The van der Waals surface area contributed by atoms with Gasteiger partial charge in [0.1, 0.15) is 0 Å². The van der Waals surface area contributed by atoms with Crippen LogP contribution in [0.3, 0.4) is 0 Å². The summed E-state index contributed by atoms with van der Waals surface area (Å²) in [5.74, 6) is 0.105. The first-order valence-corrected chi connectivity index (χ1v) is 6.35. The van der Waals surface area contributed by atoms with Crippen LogP contribution in [0.25, 0.3) is 0 Å². The molecule has 2 N–H and O–H groups in total. The van der Waals surface area contributed by atoms with E-state index in [9.17, 15) is 4.79 Å². The molecule has 2 atom stereocenters. The van der Waals surface area contributed by atoms with Crippen molar-refractivity contribution in [1.82, 2.24) is 5.32 Å². The number of nitrogens with one attached hydrogen (secondary N) is 2. The summed E-state index contributed by atoms with van der Waals surface area (Å²) in [7, 11) is 0. The third-order valence-corrected chi connectivity index (χ3v) is 3.26. The summed E-state index contributed by atoms with van der Waals surface area (Å²) in [4.78, 5) is 12.1. The molecule has 1 aromatic carbocycles. The molecule has 3 nitrogen and oxygen atoms in total. The van der Waals surface area contributed by atoms with Gasteiger partial charge in [0, 0.05) is 18.3 Å². The predicted molar refractivity (Wildman–Crippen MR) is 70.2 cm³/mol. The molecule has 0 radical (unpaired) electrons. The van der Waals surface area contributed by atoms with Gasteiger partial charge in [0.05, 0.1) is 5.92 Å². The van der Waals surface area contributed by atoms with Crippen LogP contribution in [0.15, 0.2) is 24.3 Å². The van der Waals surface area contributed by atoms with Gasteiger partial charge in [0.2, 0.25) is 5.91 Å². The van der Waals surface area contributed by atoms with Gasteiger partial charge in [-0.3, -0.25) is 4.79 Å². The molecule has 0 spiro atoms. The molecule has 3 heteroatoms. The zero-order valence-electron chi connectivity index (χ0n) is 10.5. The number of anilines is 1. The zero-order valence-corrected chi connectivity index (χ0v) is 10.5. The van der Waals surface area contributed by atoms with Crippen molar-refractivity contribution < 1.29 is 4.79 Å². The maximum absolute atomic E-state index is 12.1. The Hall–Kier alpha value is -1.51. The second-order valence-electron chi connectivity index (χ2n) is 4.72. The largest absolute Gasteiger partial charge is 0.384 e. The first-order valence-electron chi connectivity index (χ1n) is 6.35. The number of hydrogen-bond donors (Lipinski definition) is 2. The molecule has 0 saturated carbocycles. The lowest BCUT2D eigenvalue weighted by Crippen LogP contribution is -2.36. The van der Waals surface area contributed by atoms with Crippen LogP contribution < -0.4 is 10.6 Å². The van der Waals surface area contributed by atoms with Crippen LogP contribution in [0.5, 0.6) is 0 Å². The van der Waals surface area contributed by atoms with Crippen LogP contribution in [0, 0.1) is 0 Å². The Bertz CT molecular complexity index is 403. The van der Waals surface area contributed by atoms with E-state index in [-0.39, 0.29) is 17.9 Å². The molecular weight excluding hydrogens is 212 g/mol. The van der Waals surface area contributed by atoms with E-state index in [4.69, 9.17) is 0 Å². The highest BCUT2D eigenvalue weighted by molar-refractivity contribution is 5.88. The molecular formula is C14H20N2O. The molecule has 0 aromatic heterocycles. The molecule has 0 aliphatic carbocycles. The fourth-order valence-electron chi connectivity index (χ4n) is 2.37. The van der Waals surface area contributed by atoms with E-state index in [1.165, 1.54) is 0 Å². The van der Waals surface area contributed by atoms with E-state index in [1.54, 1.807) is 0 Å². The Morgan fingerprint density at radius 3 is 3.06 bits per heavy atom. The van der Waals surface area contributed by atoms with Crippen molar-refractivity contribution in [2.75, 3.05) is 11.9 Å². The monoisotopic (exact) mass is 232 g/mol. The number of hydrogen-bond acceptors (Lipinski definition) is 2. The van der Waals surface area contributed by atoms with Gasteiger partial charge in [-0.25, -0.2) is 0 Å². The SMILES string of the molecule is CCCC(C)NC(=O)C1CNc2ccccc21. The van der Waals surface area contributed by atoms with Gasteiger partial charge in [-0.15, -0.1) is 0 Å². The van der Waals surface area contributed by atoms with Crippen molar-refractivity contribution >= 4 is 11.6 Å². The highest BCUT2D eigenvalue weighted by atomic mass is 16.2. The van der Waals surface area contributed by atoms with E-state index in [2.05, 4.69) is 24.5 Å². The normalized spacial score (nSPS) is 19.3. The molecule has 1 aliphatic rings. The maximum Gasteiger partial charge on any atom is 0.229 e. The zero-order chi connectivity index (χ0) is 12.3. The third kappa shape index (κ3) is 2.60. The van der Waals surface area contributed by atoms with Crippen molar-refractivity contribution in [3.63, 3.8) is 0 Å². The number of carbonyl (C=O) groups excluding carboxylic acids is 1. The standard InChI is InChI=1S/C14H20N2O/c1-3-6-10(2)16-14(17)12-9-15-13-8-5-4-7-11(12)13/h4-5,7-8,10,12,15H,3,6,9H2,1-2H3,(H,16,17). The van der Waals surface area contributed by atoms with Crippen molar-refractivity contribution in [2.24, 2.45) is 0 Å².